The molecule has 0 saturated heterocycles. The standard InChI is InChI=1S/C24H24N2O2S/c1-4-5-6-17-7-10-19(11-8-17)21-16-29-24(26-21)20(15-25)13-18-9-12-22(27-2)23(14-18)28-3/h7-14,16H,4-6H2,1-3H3/b20-13-. The molecule has 0 bridgehead atoms. The molecule has 0 radical (unpaired) electrons. The topological polar surface area (TPSA) is 55.1 Å². The molecule has 3 rings (SSSR count). The Balaban J connectivity index is 1.84. The largest absolute Gasteiger partial charge is 0.493 e. The van der Waals surface area contributed by atoms with Crippen LogP contribution in [0.25, 0.3) is 22.9 Å². The smallest absolute Gasteiger partial charge is 0.161 e. The minimum Gasteiger partial charge on any atom is -0.493 e. The van der Waals surface area contributed by atoms with E-state index in [1.807, 2.05) is 29.7 Å². The van der Waals surface area contributed by atoms with Crippen molar-refractivity contribution in [2.24, 2.45) is 0 Å². The second-order valence-electron chi connectivity index (χ2n) is 6.62. The maximum Gasteiger partial charge on any atom is 0.161 e. The average Bonchev–Trinajstić information content (AvgIpc) is 3.26. The Hall–Kier alpha value is -3.10. The van der Waals surface area contributed by atoms with Gasteiger partial charge in [0.25, 0.3) is 0 Å². The van der Waals surface area contributed by atoms with Crippen molar-refractivity contribution in [1.82, 2.24) is 4.98 Å². The fourth-order valence-electron chi connectivity index (χ4n) is 3.00. The fraction of sp³-hybridized carbons (Fsp3) is 0.250. The molecule has 0 aliphatic carbocycles. The number of nitriles is 1. The molecule has 0 unspecified atom stereocenters. The molecule has 3 aromatic rings. The minimum atomic E-state index is 0.521. The van der Waals surface area contributed by atoms with Crippen LogP contribution in [0.1, 0.15) is 35.9 Å². The van der Waals surface area contributed by atoms with Crippen molar-refractivity contribution < 1.29 is 9.47 Å². The van der Waals surface area contributed by atoms with Crippen molar-refractivity contribution in [1.29, 1.82) is 5.26 Å². The zero-order valence-corrected chi connectivity index (χ0v) is 17.8. The molecule has 0 aliphatic rings. The third kappa shape index (κ3) is 5.04. The summed E-state index contributed by atoms with van der Waals surface area (Å²) in [5.74, 6) is 1.28. The molecule has 4 nitrogen and oxygen atoms in total. The van der Waals surface area contributed by atoms with E-state index in [1.54, 1.807) is 14.2 Å². The highest BCUT2D eigenvalue weighted by Crippen LogP contribution is 2.31. The second kappa shape index (κ2) is 9.90. The first-order chi connectivity index (χ1) is 14.2. The summed E-state index contributed by atoms with van der Waals surface area (Å²) >= 11 is 1.47. The number of thiazole rings is 1. The third-order valence-corrected chi connectivity index (χ3v) is 5.52. The Morgan fingerprint density at radius 1 is 1.10 bits per heavy atom. The van der Waals surface area contributed by atoms with Crippen LogP contribution >= 0.6 is 11.3 Å². The monoisotopic (exact) mass is 404 g/mol. The quantitative estimate of drug-likeness (QED) is 0.417. The molecule has 2 aromatic carbocycles. The van der Waals surface area contributed by atoms with Crippen LogP contribution in [0.5, 0.6) is 11.5 Å². The van der Waals surface area contributed by atoms with Crippen LogP contribution in [-0.4, -0.2) is 19.2 Å². The number of rotatable bonds is 8. The first-order valence-corrected chi connectivity index (χ1v) is 10.5. The normalized spacial score (nSPS) is 11.2. The molecular formula is C24H24N2O2S. The van der Waals surface area contributed by atoms with E-state index in [2.05, 4.69) is 42.2 Å². The predicted molar refractivity (Wildman–Crippen MR) is 119 cm³/mol. The van der Waals surface area contributed by atoms with Gasteiger partial charge in [0.15, 0.2) is 11.5 Å². The Labute approximate surface area is 176 Å². The lowest BCUT2D eigenvalue weighted by Gasteiger charge is -2.07. The average molecular weight is 405 g/mol. The Morgan fingerprint density at radius 3 is 2.52 bits per heavy atom. The maximum absolute atomic E-state index is 9.66. The zero-order valence-electron chi connectivity index (χ0n) is 16.9. The van der Waals surface area contributed by atoms with Gasteiger partial charge in [-0.2, -0.15) is 5.26 Å². The molecule has 29 heavy (non-hydrogen) atoms. The van der Waals surface area contributed by atoms with Crippen molar-refractivity contribution in [3.05, 3.63) is 64.0 Å². The van der Waals surface area contributed by atoms with Crippen LogP contribution in [0.15, 0.2) is 47.8 Å². The van der Waals surface area contributed by atoms with Crippen molar-refractivity contribution in [3.8, 4) is 28.8 Å². The van der Waals surface area contributed by atoms with Crippen LogP contribution in [0, 0.1) is 11.3 Å². The predicted octanol–water partition coefficient (Wildman–Crippen LogP) is 6.23. The Morgan fingerprint density at radius 2 is 1.86 bits per heavy atom. The van der Waals surface area contributed by atoms with Crippen LogP contribution in [0.3, 0.4) is 0 Å². The zero-order chi connectivity index (χ0) is 20.6. The number of allylic oxidation sites excluding steroid dienone is 1. The van der Waals surface area contributed by atoms with Gasteiger partial charge in [0.1, 0.15) is 11.1 Å². The first kappa shape index (κ1) is 20.6. The molecule has 0 spiro atoms. The SMILES string of the molecule is CCCCc1ccc(-c2csc(/C(C#N)=C\c3ccc(OC)c(OC)c3)n2)cc1. The number of unbranched alkanes of at least 4 members (excludes halogenated alkanes) is 1. The number of hydrogen-bond acceptors (Lipinski definition) is 5. The van der Waals surface area contributed by atoms with Crippen LogP contribution in [0.4, 0.5) is 0 Å². The van der Waals surface area contributed by atoms with E-state index in [0.717, 1.165) is 23.2 Å². The summed E-state index contributed by atoms with van der Waals surface area (Å²) in [5, 5.41) is 12.4. The number of nitrogens with zero attached hydrogens (tertiary/aromatic N) is 2. The summed E-state index contributed by atoms with van der Waals surface area (Å²) in [6, 6.07) is 16.4. The number of ether oxygens (including phenoxy) is 2. The van der Waals surface area contributed by atoms with Gasteiger partial charge in [-0.05, 0) is 42.2 Å². The number of methoxy groups -OCH3 is 2. The van der Waals surface area contributed by atoms with E-state index in [1.165, 1.54) is 29.7 Å². The van der Waals surface area contributed by atoms with Gasteiger partial charge < -0.3 is 9.47 Å². The van der Waals surface area contributed by atoms with Crippen molar-refractivity contribution in [3.63, 3.8) is 0 Å². The van der Waals surface area contributed by atoms with Crippen molar-refractivity contribution >= 4 is 23.0 Å². The molecule has 0 fully saturated rings. The summed E-state index contributed by atoms with van der Waals surface area (Å²) in [5.41, 5.74) is 4.68. The molecule has 0 saturated carbocycles. The van der Waals surface area contributed by atoms with Gasteiger partial charge in [-0.1, -0.05) is 43.7 Å². The molecule has 0 atom stereocenters. The van der Waals surface area contributed by atoms with Gasteiger partial charge in [-0.3, -0.25) is 0 Å². The van der Waals surface area contributed by atoms with E-state index in [0.29, 0.717) is 22.1 Å². The number of aromatic nitrogens is 1. The minimum absolute atomic E-state index is 0.521. The molecular weight excluding hydrogens is 380 g/mol. The molecule has 148 valence electrons. The van der Waals surface area contributed by atoms with Crippen LogP contribution in [0.2, 0.25) is 0 Å². The van der Waals surface area contributed by atoms with E-state index in [4.69, 9.17) is 9.47 Å². The highest BCUT2D eigenvalue weighted by atomic mass is 32.1. The van der Waals surface area contributed by atoms with Gasteiger partial charge in [-0.25, -0.2) is 4.98 Å². The van der Waals surface area contributed by atoms with E-state index in [-0.39, 0.29) is 0 Å². The highest BCUT2D eigenvalue weighted by molar-refractivity contribution is 7.11. The van der Waals surface area contributed by atoms with Gasteiger partial charge >= 0.3 is 0 Å². The molecule has 0 amide bonds. The van der Waals surface area contributed by atoms with E-state index < -0.39 is 0 Å². The second-order valence-corrected chi connectivity index (χ2v) is 7.48. The van der Waals surface area contributed by atoms with Gasteiger partial charge in [0.2, 0.25) is 0 Å². The summed E-state index contributed by atoms with van der Waals surface area (Å²) in [4.78, 5) is 4.69. The maximum atomic E-state index is 9.66. The number of aryl methyl sites for hydroxylation is 1. The fourth-order valence-corrected chi connectivity index (χ4v) is 3.80. The summed E-state index contributed by atoms with van der Waals surface area (Å²) in [6.45, 7) is 2.20. The lowest BCUT2D eigenvalue weighted by molar-refractivity contribution is 0.355. The lowest BCUT2D eigenvalue weighted by Crippen LogP contribution is -1.91. The highest BCUT2D eigenvalue weighted by Gasteiger charge is 2.10. The first-order valence-electron chi connectivity index (χ1n) is 9.57. The lowest BCUT2D eigenvalue weighted by atomic mass is 10.1. The van der Waals surface area contributed by atoms with Crippen LogP contribution < -0.4 is 9.47 Å². The third-order valence-electron chi connectivity index (χ3n) is 4.64. The molecule has 5 heteroatoms. The van der Waals surface area contributed by atoms with Crippen molar-refractivity contribution in [2.75, 3.05) is 14.2 Å². The molecule has 1 aromatic heterocycles. The summed E-state index contributed by atoms with van der Waals surface area (Å²) in [6.07, 6.45) is 5.32. The summed E-state index contributed by atoms with van der Waals surface area (Å²) < 4.78 is 10.6. The number of hydrogen-bond donors (Lipinski definition) is 0. The Bertz CT molecular complexity index is 1030. The summed E-state index contributed by atoms with van der Waals surface area (Å²) in [7, 11) is 3.19. The van der Waals surface area contributed by atoms with E-state index >= 15 is 0 Å². The molecule has 1 heterocycles. The molecule has 0 aliphatic heterocycles. The molecule has 0 N–H and O–H groups in total. The Kier molecular flexibility index (Phi) is 7.04. The van der Waals surface area contributed by atoms with Crippen LogP contribution in [-0.2, 0) is 6.42 Å². The van der Waals surface area contributed by atoms with Gasteiger partial charge in [0, 0.05) is 10.9 Å². The van der Waals surface area contributed by atoms with E-state index in [9.17, 15) is 5.26 Å². The van der Waals surface area contributed by atoms with Gasteiger partial charge in [-0.15, -0.1) is 11.3 Å². The number of benzene rings is 2. The van der Waals surface area contributed by atoms with Crippen molar-refractivity contribution in [2.45, 2.75) is 26.2 Å². The van der Waals surface area contributed by atoms with Gasteiger partial charge in [0.05, 0.1) is 25.5 Å².